The van der Waals surface area contributed by atoms with Gasteiger partial charge in [0.2, 0.25) is 0 Å². The Kier molecular flexibility index (Phi) is 6.83. The van der Waals surface area contributed by atoms with Gasteiger partial charge in [0.25, 0.3) is 0 Å². The third kappa shape index (κ3) is 8.42. The molecule has 0 saturated carbocycles. The summed E-state index contributed by atoms with van der Waals surface area (Å²) in [6.07, 6.45) is 4.61. The van der Waals surface area contributed by atoms with E-state index in [1.807, 2.05) is 0 Å². The van der Waals surface area contributed by atoms with Gasteiger partial charge >= 0.3 is 12.1 Å². The molecule has 0 aliphatic heterocycles. The SMILES string of the molecule is C#CCN(CCOCC(=O)O)C(=O)OC(C)(C)C. The lowest BCUT2D eigenvalue weighted by molar-refractivity contribution is -0.142. The number of ether oxygens (including phenoxy) is 2. The van der Waals surface area contributed by atoms with Crippen molar-refractivity contribution in [1.82, 2.24) is 4.90 Å². The lowest BCUT2D eigenvalue weighted by Gasteiger charge is -2.26. The van der Waals surface area contributed by atoms with Crippen LogP contribution in [0.1, 0.15) is 20.8 Å². The normalized spacial score (nSPS) is 10.6. The molecule has 0 radical (unpaired) electrons. The highest BCUT2D eigenvalue weighted by atomic mass is 16.6. The van der Waals surface area contributed by atoms with Gasteiger partial charge in [-0.1, -0.05) is 5.92 Å². The topological polar surface area (TPSA) is 76.1 Å². The van der Waals surface area contributed by atoms with Gasteiger partial charge in [-0.15, -0.1) is 6.42 Å². The van der Waals surface area contributed by atoms with Crippen molar-refractivity contribution in [2.45, 2.75) is 26.4 Å². The highest BCUT2D eigenvalue weighted by Gasteiger charge is 2.21. The molecule has 102 valence electrons. The van der Waals surface area contributed by atoms with Gasteiger partial charge in [-0.05, 0) is 20.8 Å². The van der Waals surface area contributed by atoms with E-state index in [9.17, 15) is 9.59 Å². The molecule has 0 aromatic heterocycles. The van der Waals surface area contributed by atoms with Crippen LogP contribution in [0.25, 0.3) is 0 Å². The molecular weight excluding hydrogens is 238 g/mol. The molecule has 0 heterocycles. The maximum absolute atomic E-state index is 11.7. The molecule has 0 aromatic rings. The molecule has 0 aromatic carbocycles. The maximum Gasteiger partial charge on any atom is 0.411 e. The molecule has 0 aliphatic rings. The van der Waals surface area contributed by atoms with Crippen molar-refractivity contribution < 1.29 is 24.2 Å². The molecule has 0 unspecified atom stereocenters. The number of terminal acetylenes is 1. The number of rotatable bonds is 6. The second-order valence-electron chi connectivity index (χ2n) is 4.55. The first-order chi connectivity index (χ1) is 8.26. The van der Waals surface area contributed by atoms with E-state index in [0.717, 1.165) is 0 Å². The summed E-state index contributed by atoms with van der Waals surface area (Å²) >= 11 is 0. The average molecular weight is 257 g/mol. The number of nitrogens with zero attached hydrogens (tertiary/aromatic N) is 1. The van der Waals surface area contributed by atoms with Gasteiger partial charge < -0.3 is 14.6 Å². The van der Waals surface area contributed by atoms with E-state index >= 15 is 0 Å². The van der Waals surface area contributed by atoms with Crippen LogP contribution >= 0.6 is 0 Å². The molecular formula is C12H19NO5. The van der Waals surface area contributed by atoms with Crippen LogP contribution in [0.2, 0.25) is 0 Å². The summed E-state index contributed by atoms with van der Waals surface area (Å²) in [7, 11) is 0. The van der Waals surface area contributed by atoms with Gasteiger partial charge in [0.05, 0.1) is 13.2 Å². The fraction of sp³-hybridized carbons (Fsp3) is 0.667. The molecule has 0 rings (SSSR count). The largest absolute Gasteiger partial charge is 0.480 e. The Morgan fingerprint density at radius 2 is 2.00 bits per heavy atom. The first-order valence-electron chi connectivity index (χ1n) is 5.47. The Bertz CT molecular complexity index is 326. The molecule has 18 heavy (non-hydrogen) atoms. The average Bonchev–Trinajstić information content (AvgIpc) is 2.19. The van der Waals surface area contributed by atoms with Gasteiger partial charge in [0.15, 0.2) is 0 Å². The van der Waals surface area contributed by atoms with E-state index in [0.29, 0.717) is 0 Å². The van der Waals surface area contributed by atoms with Crippen LogP contribution in [-0.2, 0) is 14.3 Å². The van der Waals surface area contributed by atoms with Gasteiger partial charge in [0, 0.05) is 6.54 Å². The number of hydrogen-bond acceptors (Lipinski definition) is 4. The van der Waals surface area contributed by atoms with E-state index in [1.54, 1.807) is 20.8 Å². The van der Waals surface area contributed by atoms with Crippen molar-refractivity contribution in [2.75, 3.05) is 26.3 Å². The molecule has 6 nitrogen and oxygen atoms in total. The molecule has 1 amide bonds. The van der Waals surface area contributed by atoms with Crippen molar-refractivity contribution >= 4 is 12.1 Å². The Morgan fingerprint density at radius 3 is 2.44 bits per heavy atom. The summed E-state index contributed by atoms with van der Waals surface area (Å²) in [5, 5.41) is 8.38. The Hall–Kier alpha value is -1.74. The first-order valence-corrected chi connectivity index (χ1v) is 5.47. The zero-order valence-corrected chi connectivity index (χ0v) is 10.9. The van der Waals surface area contributed by atoms with E-state index in [2.05, 4.69) is 5.92 Å². The summed E-state index contributed by atoms with van der Waals surface area (Å²) in [5.41, 5.74) is -0.605. The van der Waals surface area contributed by atoms with Crippen LogP contribution in [0.5, 0.6) is 0 Å². The first kappa shape index (κ1) is 16.3. The molecule has 0 bridgehead atoms. The maximum atomic E-state index is 11.7. The van der Waals surface area contributed by atoms with Crippen LogP contribution in [-0.4, -0.2) is 54.0 Å². The van der Waals surface area contributed by atoms with Crippen LogP contribution in [0.15, 0.2) is 0 Å². The quantitative estimate of drug-likeness (QED) is 0.566. The minimum absolute atomic E-state index is 0.0886. The molecule has 1 N–H and O–H groups in total. The number of carboxylic acid groups (broad SMARTS) is 1. The van der Waals surface area contributed by atoms with Crippen molar-refractivity contribution in [1.29, 1.82) is 0 Å². The standard InChI is InChI=1S/C12H19NO5/c1-5-6-13(7-8-17-9-10(14)15)11(16)18-12(2,3)4/h1H,6-9H2,2-4H3,(H,14,15). The summed E-state index contributed by atoms with van der Waals surface area (Å²) < 4.78 is 9.98. The van der Waals surface area contributed by atoms with E-state index in [-0.39, 0.29) is 19.7 Å². The summed E-state index contributed by atoms with van der Waals surface area (Å²) in [6.45, 7) is 5.21. The van der Waals surface area contributed by atoms with Crippen LogP contribution in [0.3, 0.4) is 0 Å². The fourth-order valence-electron chi connectivity index (χ4n) is 1.01. The van der Waals surface area contributed by atoms with Gasteiger partial charge in [0.1, 0.15) is 12.2 Å². The van der Waals surface area contributed by atoms with Crippen LogP contribution in [0, 0.1) is 12.3 Å². The number of amides is 1. The predicted molar refractivity (Wildman–Crippen MR) is 65.1 cm³/mol. The number of carbonyl (C=O) groups is 2. The van der Waals surface area contributed by atoms with Gasteiger partial charge in [-0.25, -0.2) is 9.59 Å². The highest BCUT2D eigenvalue weighted by Crippen LogP contribution is 2.09. The third-order valence-electron chi connectivity index (χ3n) is 1.66. The van der Waals surface area contributed by atoms with Gasteiger partial charge in [-0.3, -0.25) is 4.90 Å². The van der Waals surface area contributed by atoms with Gasteiger partial charge in [-0.2, -0.15) is 0 Å². The second kappa shape index (κ2) is 7.56. The molecule has 0 fully saturated rings. The molecule has 0 atom stereocenters. The lowest BCUT2D eigenvalue weighted by atomic mass is 10.2. The monoisotopic (exact) mass is 257 g/mol. The summed E-state index contributed by atoms with van der Waals surface area (Å²) in [6, 6.07) is 0. The van der Waals surface area contributed by atoms with Crippen molar-refractivity contribution in [2.24, 2.45) is 0 Å². The number of carbonyl (C=O) groups excluding carboxylic acids is 1. The molecule has 6 heteroatoms. The highest BCUT2D eigenvalue weighted by molar-refractivity contribution is 5.68. The zero-order chi connectivity index (χ0) is 14.2. The summed E-state index contributed by atoms with van der Waals surface area (Å²) in [4.78, 5) is 23.2. The van der Waals surface area contributed by atoms with Crippen molar-refractivity contribution in [3.8, 4) is 12.3 Å². The number of hydrogen-bond donors (Lipinski definition) is 1. The predicted octanol–water partition coefficient (Wildman–Crippen LogP) is 0.958. The van der Waals surface area contributed by atoms with Crippen molar-refractivity contribution in [3.63, 3.8) is 0 Å². The van der Waals surface area contributed by atoms with Crippen LogP contribution in [0.4, 0.5) is 4.79 Å². The second-order valence-corrected chi connectivity index (χ2v) is 4.55. The summed E-state index contributed by atoms with van der Waals surface area (Å²) in [5.74, 6) is 1.28. The van der Waals surface area contributed by atoms with Crippen LogP contribution < -0.4 is 0 Å². The molecule has 0 saturated heterocycles. The minimum atomic E-state index is -1.06. The number of aliphatic carboxylic acids is 1. The smallest absolute Gasteiger partial charge is 0.411 e. The Labute approximate surface area is 107 Å². The molecule has 0 spiro atoms. The van der Waals surface area contributed by atoms with E-state index in [4.69, 9.17) is 21.0 Å². The third-order valence-corrected chi connectivity index (χ3v) is 1.66. The number of carboxylic acids is 1. The van der Waals surface area contributed by atoms with E-state index < -0.39 is 24.3 Å². The van der Waals surface area contributed by atoms with E-state index in [1.165, 1.54) is 4.90 Å². The molecule has 0 aliphatic carbocycles. The fourth-order valence-corrected chi connectivity index (χ4v) is 1.01. The zero-order valence-electron chi connectivity index (χ0n) is 10.9. The Balaban J connectivity index is 4.18. The Morgan fingerprint density at radius 1 is 1.39 bits per heavy atom. The van der Waals surface area contributed by atoms with Crippen molar-refractivity contribution in [3.05, 3.63) is 0 Å². The minimum Gasteiger partial charge on any atom is -0.480 e. The lowest BCUT2D eigenvalue weighted by Crippen LogP contribution is -2.39.